The first kappa shape index (κ1) is 33.4. The lowest BCUT2D eigenvalue weighted by atomic mass is 10.0. The molecule has 0 radical (unpaired) electrons. The number of benzene rings is 3. The van der Waals surface area contributed by atoms with E-state index in [0.29, 0.717) is 56.6 Å². The number of aliphatic hydroxyl groups excluding tert-OH is 1. The predicted octanol–water partition coefficient (Wildman–Crippen LogP) is 1.79. The van der Waals surface area contributed by atoms with Crippen molar-refractivity contribution in [3.8, 4) is 5.75 Å². The summed E-state index contributed by atoms with van der Waals surface area (Å²) in [6.45, 7) is 3.51. The Balaban J connectivity index is 1.35. The van der Waals surface area contributed by atoms with Crippen LogP contribution in [0.25, 0.3) is 0 Å². The molecule has 15 heteroatoms. The minimum Gasteiger partial charge on any atom is -0.506 e. The van der Waals surface area contributed by atoms with Crippen LogP contribution in [0.3, 0.4) is 0 Å². The predicted molar refractivity (Wildman–Crippen MR) is 186 cm³/mol. The molecule has 3 heterocycles. The summed E-state index contributed by atoms with van der Waals surface area (Å²) in [5, 5.41) is 24.9. The zero-order valence-electron chi connectivity index (χ0n) is 26.7. The summed E-state index contributed by atoms with van der Waals surface area (Å²) in [4.78, 5) is 17.9. The molecule has 254 valence electrons. The van der Waals surface area contributed by atoms with Crippen LogP contribution in [0.5, 0.6) is 5.75 Å². The molecule has 6 rings (SSSR count). The number of phenolic OH excluding ortho intramolecular Hbond substituents is 1. The summed E-state index contributed by atoms with van der Waals surface area (Å²) < 4.78 is 29.1. The highest BCUT2D eigenvalue weighted by atomic mass is 32.2. The number of nitrogens with one attached hydrogen (secondary N) is 1. The van der Waals surface area contributed by atoms with E-state index in [1.54, 1.807) is 36.4 Å². The zero-order valence-corrected chi connectivity index (χ0v) is 27.5. The van der Waals surface area contributed by atoms with E-state index in [1.165, 1.54) is 10.4 Å². The Morgan fingerprint density at radius 2 is 1.60 bits per heavy atom. The second kappa shape index (κ2) is 13.9. The van der Waals surface area contributed by atoms with Crippen molar-refractivity contribution in [2.24, 2.45) is 17.2 Å². The van der Waals surface area contributed by atoms with E-state index in [1.807, 2.05) is 47.1 Å². The Kier molecular flexibility index (Phi) is 9.66. The van der Waals surface area contributed by atoms with Crippen molar-refractivity contribution in [2.45, 2.75) is 55.4 Å². The molecule has 14 nitrogen and oxygen atoms in total. The first-order chi connectivity index (χ1) is 23.0. The molecule has 3 aromatic carbocycles. The lowest BCUT2D eigenvalue weighted by molar-refractivity contribution is 0.194. The van der Waals surface area contributed by atoms with Gasteiger partial charge in [0.2, 0.25) is 17.8 Å². The highest BCUT2D eigenvalue weighted by Gasteiger charge is 2.34. The van der Waals surface area contributed by atoms with Gasteiger partial charge < -0.3 is 42.5 Å². The topological polar surface area (TPSA) is 213 Å². The van der Waals surface area contributed by atoms with E-state index in [2.05, 4.69) is 15.3 Å². The van der Waals surface area contributed by atoms with Crippen molar-refractivity contribution in [3.63, 3.8) is 0 Å². The van der Waals surface area contributed by atoms with Crippen LogP contribution in [-0.2, 0) is 16.6 Å². The van der Waals surface area contributed by atoms with Crippen molar-refractivity contribution >= 4 is 39.2 Å². The molecule has 0 bridgehead atoms. The number of nitrogens with zero attached hydrogens (tertiary/aromatic N) is 6. The Labute approximate surface area is 280 Å². The number of aliphatic hydroxyl groups is 1. The number of piperidine rings is 1. The van der Waals surface area contributed by atoms with Crippen molar-refractivity contribution < 1.29 is 18.6 Å². The minimum absolute atomic E-state index is 0.00166. The van der Waals surface area contributed by atoms with Crippen LogP contribution in [0.2, 0.25) is 0 Å². The number of aromatic nitrogens is 3. The van der Waals surface area contributed by atoms with Crippen LogP contribution >= 0.6 is 0 Å². The lowest BCUT2D eigenvalue weighted by Crippen LogP contribution is -2.53. The van der Waals surface area contributed by atoms with Crippen molar-refractivity contribution in [3.05, 3.63) is 83.9 Å². The summed E-state index contributed by atoms with van der Waals surface area (Å²) in [6, 6.07) is 19.9. The summed E-state index contributed by atoms with van der Waals surface area (Å²) in [7, 11) is -4.06. The number of rotatable bonds is 10. The van der Waals surface area contributed by atoms with E-state index in [0.717, 1.165) is 11.1 Å². The normalized spacial score (nSPS) is 21.4. The average Bonchev–Trinajstić information content (AvgIpc) is 3.45. The Morgan fingerprint density at radius 1 is 0.917 bits per heavy atom. The molecule has 0 saturated carbocycles. The van der Waals surface area contributed by atoms with Crippen molar-refractivity contribution in [1.29, 1.82) is 0 Å². The number of aryl methyl sites for hydroxylation is 1. The molecule has 0 aliphatic carbocycles. The first-order valence-electron chi connectivity index (χ1n) is 15.9. The second-order valence-electron chi connectivity index (χ2n) is 12.5. The van der Waals surface area contributed by atoms with Crippen LogP contribution in [0.4, 0.5) is 29.2 Å². The van der Waals surface area contributed by atoms with E-state index < -0.39 is 16.1 Å². The highest BCUT2D eigenvalue weighted by molar-refractivity contribution is 7.92. The van der Waals surface area contributed by atoms with Gasteiger partial charge in [0.05, 0.1) is 23.2 Å². The van der Waals surface area contributed by atoms with Gasteiger partial charge in [0.25, 0.3) is 10.0 Å². The number of anilines is 5. The van der Waals surface area contributed by atoms with Crippen LogP contribution in [-0.4, -0.2) is 84.0 Å². The van der Waals surface area contributed by atoms with E-state index in [9.17, 15) is 18.6 Å². The van der Waals surface area contributed by atoms with Gasteiger partial charge in [-0.25, -0.2) is 8.42 Å². The number of hydrogen-bond donors (Lipinski definition) is 6. The zero-order chi connectivity index (χ0) is 34.0. The van der Waals surface area contributed by atoms with Gasteiger partial charge in [0, 0.05) is 56.1 Å². The Hall–Kier alpha value is -4.54. The third-order valence-corrected chi connectivity index (χ3v) is 10.4. The van der Waals surface area contributed by atoms with E-state index in [-0.39, 0.29) is 47.0 Å². The highest BCUT2D eigenvalue weighted by Crippen LogP contribution is 2.36. The van der Waals surface area contributed by atoms with Crippen molar-refractivity contribution in [1.82, 2.24) is 15.0 Å². The number of nitrogens with two attached hydrogens (primary N) is 3. The number of β-amino-alcohol motifs (C(OH)–C–C–N with tert-alkyl or cyclic N) is 1. The molecule has 0 spiro atoms. The quantitative estimate of drug-likeness (QED) is 0.142. The molecule has 48 heavy (non-hydrogen) atoms. The summed E-state index contributed by atoms with van der Waals surface area (Å²) in [5.41, 5.74) is 20.8. The number of phenols is 1. The molecular formula is C33H42N10O4S. The monoisotopic (exact) mass is 674 g/mol. The molecule has 9 N–H and O–H groups in total. The van der Waals surface area contributed by atoms with Gasteiger partial charge in [-0.1, -0.05) is 48.0 Å². The fourth-order valence-electron chi connectivity index (χ4n) is 6.21. The number of sulfonamides is 1. The van der Waals surface area contributed by atoms with Gasteiger partial charge in [0.1, 0.15) is 5.75 Å². The third-order valence-electron chi connectivity index (χ3n) is 8.61. The fraction of sp³-hybridized carbons (Fsp3) is 0.364. The van der Waals surface area contributed by atoms with Crippen LogP contribution < -0.4 is 36.6 Å². The van der Waals surface area contributed by atoms with Crippen LogP contribution in [0.15, 0.2) is 77.7 Å². The van der Waals surface area contributed by atoms with Gasteiger partial charge in [-0.15, -0.1) is 0 Å². The molecule has 2 fully saturated rings. The molecule has 0 unspecified atom stereocenters. The molecule has 1 aromatic heterocycles. The van der Waals surface area contributed by atoms with Crippen molar-refractivity contribution in [2.75, 3.05) is 45.6 Å². The maximum absolute atomic E-state index is 14.0. The first-order valence-corrected chi connectivity index (χ1v) is 17.3. The van der Waals surface area contributed by atoms with Crippen LogP contribution in [0, 0.1) is 6.92 Å². The maximum Gasteiger partial charge on any atom is 0.264 e. The fourth-order valence-corrected chi connectivity index (χ4v) is 7.68. The molecule has 2 aliphatic rings. The maximum atomic E-state index is 14.0. The Bertz CT molecular complexity index is 1820. The largest absolute Gasteiger partial charge is 0.506 e. The van der Waals surface area contributed by atoms with Gasteiger partial charge in [0.15, 0.2) is 0 Å². The summed E-state index contributed by atoms with van der Waals surface area (Å²) in [6.07, 6.45) is 0.589. The van der Waals surface area contributed by atoms with Gasteiger partial charge in [-0.2, -0.15) is 15.0 Å². The van der Waals surface area contributed by atoms with Gasteiger partial charge >= 0.3 is 0 Å². The Morgan fingerprint density at radius 3 is 2.27 bits per heavy atom. The van der Waals surface area contributed by atoms with Gasteiger partial charge in [-0.05, 0) is 49.6 Å². The number of hydrogen-bond acceptors (Lipinski definition) is 13. The van der Waals surface area contributed by atoms with E-state index in [4.69, 9.17) is 22.2 Å². The standard InChI is InChI=1S/C33H42N10O4S/c1-21-7-10-28(11-8-21)48(46,47)43(17-22-5-3-2-4-6-22)29-12-9-25(14-30(29)45)37-31-38-32(41-18-23(35)13-24(36)19-41)40-33(39-31)42-20-27(44)15-26(42)16-34/h2-12,14,23-24,26-27,44-45H,13,15-20,34-36H2,1H3,(H,37,38,39,40)/t23-,24+,26-,27-/m1/s1. The molecular weight excluding hydrogens is 632 g/mol. The third kappa shape index (κ3) is 7.29. The number of aromatic hydroxyl groups is 1. The van der Waals surface area contributed by atoms with Gasteiger partial charge in [-0.3, -0.25) is 4.31 Å². The molecule has 0 amide bonds. The molecule has 4 aromatic rings. The molecule has 2 saturated heterocycles. The molecule has 2 aliphatic heterocycles. The van der Waals surface area contributed by atoms with Crippen LogP contribution in [0.1, 0.15) is 24.0 Å². The SMILES string of the molecule is Cc1ccc(S(=O)(=O)N(Cc2ccccc2)c2ccc(Nc3nc(N4C[C@H](N)C[C@H](N)C4)nc(N4C[C@H](O)C[C@@H]4CN)n3)cc2O)cc1. The van der Waals surface area contributed by atoms with E-state index >= 15 is 0 Å². The lowest BCUT2D eigenvalue weighted by Gasteiger charge is -2.35. The minimum atomic E-state index is -4.06. The summed E-state index contributed by atoms with van der Waals surface area (Å²) >= 11 is 0. The second-order valence-corrected chi connectivity index (χ2v) is 14.4. The molecule has 4 atom stereocenters. The average molecular weight is 675 g/mol. The smallest absolute Gasteiger partial charge is 0.264 e. The summed E-state index contributed by atoms with van der Waals surface area (Å²) in [5.74, 6) is 0.617.